The van der Waals surface area contributed by atoms with E-state index in [4.69, 9.17) is 4.52 Å². The first-order valence-electron chi connectivity index (χ1n) is 5.89. The first kappa shape index (κ1) is 13.7. The quantitative estimate of drug-likeness (QED) is 0.686. The Morgan fingerprint density at radius 1 is 1.35 bits per heavy atom. The molecule has 0 unspecified atom stereocenters. The second-order valence-corrected chi connectivity index (χ2v) is 4.41. The molecule has 0 spiro atoms. The van der Waals surface area contributed by atoms with Gasteiger partial charge in [0.1, 0.15) is 11.3 Å². The molecule has 0 aliphatic heterocycles. The molecule has 1 N–H and O–H groups in total. The van der Waals surface area contributed by atoms with Gasteiger partial charge in [-0.1, -0.05) is 11.2 Å². The Kier molecular flexibility index (Phi) is 3.51. The fourth-order valence-corrected chi connectivity index (χ4v) is 1.88. The predicted octanol–water partition coefficient (Wildman–Crippen LogP) is 2.76. The third-order valence-corrected chi connectivity index (χ3v) is 2.92. The van der Waals surface area contributed by atoms with Gasteiger partial charge in [0, 0.05) is 17.3 Å². The molecule has 7 nitrogen and oxygen atoms in total. The highest BCUT2D eigenvalue weighted by atomic mass is 16.6. The maximum Gasteiger partial charge on any atom is 0.274 e. The van der Waals surface area contributed by atoms with Crippen molar-refractivity contribution in [3.05, 3.63) is 50.9 Å². The van der Waals surface area contributed by atoms with E-state index in [1.54, 1.807) is 32.9 Å². The van der Waals surface area contributed by atoms with Gasteiger partial charge in [-0.2, -0.15) is 0 Å². The van der Waals surface area contributed by atoms with Crippen molar-refractivity contribution in [2.75, 3.05) is 5.32 Å². The van der Waals surface area contributed by atoms with Gasteiger partial charge in [0.05, 0.1) is 10.6 Å². The summed E-state index contributed by atoms with van der Waals surface area (Å²) in [6, 6.07) is 4.52. The Bertz CT molecular complexity index is 671. The van der Waals surface area contributed by atoms with Crippen molar-refractivity contribution in [2.45, 2.75) is 20.8 Å². The molecule has 1 heterocycles. The maximum absolute atomic E-state index is 12.1. The van der Waals surface area contributed by atoms with Crippen LogP contribution >= 0.6 is 0 Å². The highest BCUT2D eigenvalue weighted by Crippen LogP contribution is 2.23. The van der Waals surface area contributed by atoms with Gasteiger partial charge in [0.25, 0.3) is 11.6 Å². The molecule has 0 saturated heterocycles. The average molecular weight is 275 g/mol. The highest BCUT2D eigenvalue weighted by Gasteiger charge is 2.19. The molecule has 1 aromatic carbocycles. The number of hydrogen-bond acceptors (Lipinski definition) is 5. The number of carbonyl (C=O) groups is 1. The highest BCUT2D eigenvalue weighted by molar-refractivity contribution is 6.05. The van der Waals surface area contributed by atoms with E-state index in [0.717, 1.165) is 0 Å². The number of hydrogen-bond donors (Lipinski definition) is 1. The van der Waals surface area contributed by atoms with Crippen molar-refractivity contribution < 1.29 is 14.2 Å². The van der Waals surface area contributed by atoms with E-state index in [1.165, 1.54) is 6.07 Å². The molecule has 104 valence electrons. The predicted molar refractivity (Wildman–Crippen MR) is 71.8 cm³/mol. The van der Waals surface area contributed by atoms with Crippen LogP contribution in [-0.2, 0) is 0 Å². The van der Waals surface area contributed by atoms with E-state index >= 15 is 0 Å². The summed E-state index contributed by atoms with van der Waals surface area (Å²) in [6.07, 6.45) is 0. The van der Waals surface area contributed by atoms with Gasteiger partial charge < -0.3 is 9.84 Å². The maximum atomic E-state index is 12.1. The Balaban J connectivity index is 2.29. The third-order valence-electron chi connectivity index (χ3n) is 2.92. The van der Waals surface area contributed by atoms with Crippen molar-refractivity contribution >= 4 is 17.3 Å². The molecule has 2 aromatic rings. The zero-order chi connectivity index (χ0) is 14.9. The number of aryl methyl sites for hydroxylation is 3. The molecule has 0 bridgehead atoms. The van der Waals surface area contributed by atoms with Crippen LogP contribution in [0.2, 0.25) is 0 Å². The summed E-state index contributed by atoms with van der Waals surface area (Å²) in [6.45, 7) is 4.92. The Hall–Kier alpha value is -2.70. The van der Waals surface area contributed by atoms with Crippen molar-refractivity contribution in [3.63, 3.8) is 0 Å². The number of anilines is 1. The van der Waals surface area contributed by atoms with Gasteiger partial charge >= 0.3 is 0 Å². The summed E-state index contributed by atoms with van der Waals surface area (Å²) < 4.78 is 4.92. The van der Waals surface area contributed by atoms with Gasteiger partial charge in [-0.25, -0.2) is 0 Å². The SMILES string of the molecule is Cc1ccc(NC(=O)c2c(C)noc2C)cc1[N+](=O)[O-]. The molecular formula is C13H13N3O4. The minimum atomic E-state index is -0.485. The minimum absolute atomic E-state index is 0.0402. The number of nitrogens with zero attached hydrogens (tertiary/aromatic N) is 2. The largest absolute Gasteiger partial charge is 0.361 e. The molecule has 20 heavy (non-hydrogen) atoms. The van der Waals surface area contributed by atoms with Crippen LogP contribution in [0.1, 0.15) is 27.4 Å². The van der Waals surface area contributed by atoms with Crippen LogP contribution in [0.3, 0.4) is 0 Å². The zero-order valence-electron chi connectivity index (χ0n) is 11.3. The van der Waals surface area contributed by atoms with Gasteiger partial charge in [0.2, 0.25) is 0 Å². The van der Waals surface area contributed by atoms with Crippen LogP contribution in [0.15, 0.2) is 22.7 Å². The summed E-state index contributed by atoms with van der Waals surface area (Å²) in [5, 5.41) is 17.2. The van der Waals surface area contributed by atoms with Crippen LogP contribution in [0, 0.1) is 30.9 Å². The Morgan fingerprint density at radius 2 is 2.05 bits per heavy atom. The lowest BCUT2D eigenvalue weighted by molar-refractivity contribution is -0.385. The van der Waals surface area contributed by atoms with Crippen molar-refractivity contribution in [1.29, 1.82) is 0 Å². The van der Waals surface area contributed by atoms with Crippen molar-refractivity contribution in [1.82, 2.24) is 5.16 Å². The second kappa shape index (κ2) is 5.12. The molecule has 0 aliphatic rings. The molecule has 7 heteroatoms. The van der Waals surface area contributed by atoms with E-state index in [-0.39, 0.29) is 5.69 Å². The Labute approximate surface area is 114 Å². The van der Waals surface area contributed by atoms with Crippen LogP contribution in [0.5, 0.6) is 0 Å². The second-order valence-electron chi connectivity index (χ2n) is 4.41. The molecule has 0 fully saturated rings. The number of rotatable bonds is 3. The van der Waals surface area contributed by atoms with Crippen LogP contribution in [0.25, 0.3) is 0 Å². The van der Waals surface area contributed by atoms with Gasteiger partial charge in [-0.3, -0.25) is 14.9 Å². The van der Waals surface area contributed by atoms with Crippen molar-refractivity contribution in [3.8, 4) is 0 Å². The molecule has 0 aliphatic carbocycles. The molecular weight excluding hydrogens is 262 g/mol. The number of benzene rings is 1. The number of nitrogens with one attached hydrogen (secondary N) is 1. The summed E-state index contributed by atoms with van der Waals surface area (Å²) >= 11 is 0. The van der Waals surface area contributed by atoms with Crippen LogP contribution in [0.4, 0.5) is 11.4 Å². The zero-order valence-corrected chi connectivity index (χ0v) is 11.3. The molecule has 1 amide bonds. The molecule has 2 rings (SSSR count). The van der Waals surface area contributed by atoms with E-state index in [0.29, 0.717) is 28.3 Å². The molecule has 0 radical (unpaired) electrons. The lowest BCUT2D eigenvalue weighted by atomic mass is 10.1. The first-order chi connectivity index (χ1) is 9.40. The minimum Gasteiger partial charge on any atom is -0.361 e. The van der Waals surface area contributed by atoms with E-state index < -0.39 is 10.8 Å². The van der Waals surface area contributed by atoms with E-state index in [1.807, 2.05) is 0 Å². The number of nitro benzene ring substituents is 1. The van der Waals surface area contributed by atoms with Gasteiger partial charge in [-0.15, -0.1) is 0 Å². The average Bonchev–Trinajstić information content (AvgIpc) is 2.71. The summed E-state index contributed by atoms with van der Waals surface area (Å²) in [5.74, 6) is 0.000937. The lowest BCUT2D eigenvalue weighted by Crippen LogP contribution is -2.13. The van der Waals surface area contributed by atoms with Gasteiger partial charge in [-0.05, 0) is 26.8 Å². The number of aromatic nitrogens is 1. The normalized spacial score (nSPS) is 10.3. The number of nitro groups is 1. The first-order valence-corrected chi connectivity index (χ1v) is 5.89. The third kappa shape index (κ3) is 2.51. The molecule has 0 atom stereocenters. The smallest absolute Gasteiger partial charge is 0.274 e. The summed E-state index contributed by atoms with van der Waals surface area (Å²) in [7, 11) is 0. The van der Waals surface area contributed by atoms with Crippen molar-refractivity contribution in [2.24, 2.45) is 0 Å². The standard InChI is InChI=1S/C13H13N3O4/c1-7-4-5-10(6-11(7)16(18)19)14-13(17)12-8(2)15-20-9(12)3/h4-6H,1-3H3,(H,14,17). The molecule has 1 aromatic heterocycles. The fourth-order valence-electron chi connectivity index (χ4n) is 1.88. The van der Waals surface area contributed by atoms with E-state index in [2.05, 4.69) is 10.5 Å². The summed E-state index contributed by atoms with van der Waals surface area (Å²) in [4.78, 5) is 22.5. The number of carbonyl (C=O) groups excluding carboxylic acids is 1. The Morgan fingerprint density at radius 3 is 2.60 bits per heavy atom. The van der Waals surface area contributed by atoms with E-state index in [9.17, 15) is 14.9 Å². The fraction of sp³-hybridized carbons (Fsp3) is 0.231. The lowest BCUT2D eigenvalue weighted by Gasteiger charge is -2.05. The van der Waals surface area contributed by atoms with Crippen LogP contribution < -0.4 is 5.32 Å². The van der Waals surface area contributed by atoms with Gasteiger partial charge in [0.15, 0.2) is 0 Å². The monoisotopic (exact) mass is 275 g/mol. The van der Waals surface area contributed by atoms with Crippen LogP contribution in [-0.4, -0.2) is 16.0 Å². The summed E-state index contributed by atoms with van der Waals surface area (Å²) in [5.41, 5.74) is 1.66. The number of amides is 1. The molecule has 0 saturated carbocycles. The topological polar surface area (TPSA) is 98.3 Å².